The molecule has 1 N–H and O–H groups in total. The molecule has 0 saturated carbocycles. The van der Waals surface area contributed by atoms with Gasteiger partial charge in [0.1, 0.15) is 24.0 Å². The van der Waals surface area contributed by atoms with Gasteiger partial charge >= 0.3 is 12.4 Å². The van der Waals surface area contributed by atoms with Crippen LogP contribution in [0.1, 0.15) is 85.1 Å². The van der Waals surface area contributed by atoms with Crippen molar-refractivity contribution in [3.05, 3.63) is 64.7 Å². The van der Waals surface area contributed by atoms with Gasteiger partial charge in [-0.1, -0.05) is 65.0 Å². The number of halogens is 9. The molecular weight excluding hydrogens is 568 g/mol. The van der Waals surface area contributed by atoms with Crippen molar-refractivity contribution in [3.63, 3.8) is 0 Å². The maximum Gasteiger partial charge on any atom is 0.417 e. The monoisotopic (exact) mass is 606 g/mol. The maximum absolute atomic E-state index is 14.6. The number of hydrogen-bond donors (Lipinski definition) is 1. The Hall–Kier alpha value is -2.07. The topological polar surface area (TPSA) is 29.5 Å². The van der Waals surface area contributed by atoms with Gasteiger partial charge in [-0.15, -0.1) is 0 Å². The minimum atomic E-state index is -5.06. The molecule has 1 atom stereocenters. The summed E-state index contributed by atoms with van der Waals surface area (Å²) in [6.45, 7) is 12.3. The Labute approximate surface area is 236 Å². The molecule has 1 rings (SSSR count). The molecule has 11 heteroatoms. The molecule has 1 aromatic rings. The minimum Gasteiger partial charge on any atom is -0.489 e. The molecule has 0 aliphatic carbocycles. The normalized spacial score (nSPS) is 15.0. The van der Waals surface area contributed by atoms with E-state index in [-0.39, 0.29) is 30.8 Å². The van der Waals surface area contributed by atoms with Crippen LogP contribution in [0.25, 0.3) is 0 Å². The Morgan fingerprint density at radius 3 is 2.15 bits per heavy atom. The van der Waals surface area contributed by atoms with Crippen LogP contribution in [0.5, 0.6) is 5.75 Å². The second-order valence-corrected chi connectivity index (χ2v) is 10.1. The third-order valence-corrected chi connectivity index (χ3v) is 6.54. The maximum atomic E-state index is 14.6. The fraction of sp³-hybridized carbons (Fsp3) is 0.586. The zero-order chi connectivity index (χ0) is 31.4. The fourth-order valence-corrected chi connectivity index (χ4v) is 4.00. The van der Waals surface area contributed by atoms with Crippen LogP contribution < -0.4 is 4.74 Å². The summed E-state index contributed by atoms with van der Waals surface area (Å²) in [5.41, 5.74) is -4.03. The molecule has 0 fully saturated rings. The van der Waals surface area contributed by atoms with Crippen LogP contribution in [0.15, 0.2) is 53.4 Å². The van der Waals surface area contributed by atoms with Gasteiger partial charge in [0, 0.05) is 17.0 Å². The molecule has 0 saturated heterocycles. The predicted octanol–water partition coefficient (Wildman–Crippen LogP) is 10.6. The van der Waals surface area contributed by atoms with Crippen LogP contribution in [0.4, 0.5) is 35.1 Å². The number of benzene rings is 1. The highest BCUT2D eigenvalue weighted by Crippen LogP contribution is 2.44. The number of alkyl halides is 6. The first kappa shape index (κ1) is 37.9. The van der Waals surface area contributed by atoms with Gasteiger partial charge in [0.25, 0.3) is 0 Å². The molecular formula is C29H39ClF8O2. The van der Waals surface area contributed by atoms with E-state index in [1.165, 1.54) is 19.1 Å². The molecule has 0 aliphatic rings. The highest BCUT2D eigenvalue weighted by atomic mass is 35.5. The van der Waals surface area contributed by atoms with E-state index in [4.69, 9.17) is 16.3 Å². The van der Waals surface area contributed by atoms with Gasteiger partial charge in [-0.2, -0.15) is 26.3 Å². The van der Waals surface area contributed by atoms with E-state index in [0.29, 0.717) is 11.6 Å². The Kier molecular flexibility index (Phi) is 15.5. The molecule has 1 aromatic carbocycles. The van der Waals surface area contributed by atoms with E-state index >= 15 is 0 Å². The number of hydrogen-bond acceptors (Lipinski definition) is 2. The van der Waals surface area contributed by atoms with Gasteiger partial charge in [-0.05, 0) is 61.3 Å². The number of ether oxygens (including phenoxy) is 1. The van der Waals surface area contributed by atoms with Gasteiger partial charge in [0.05, 0.1) is 6.42 Å². The molecule has 0 radical (unpaired) electrons. The van der Waals surface area contributed by atoms with Gasteiger partial charge in [0.15, 0.2) is 5.60 Å². The Balaban J connectivity index is 0.00000742. The van der Waals surface area contributed by atoms with Crippen molar-refractivity contribution in [2.24, 2.45) is 0 Å². The summed E-state index contributed by atoms with van der Waals surface area (Å²) in [6.07, 6.45) is -12.0. The van der Waals surface area contributed by atoms with Crippen molar-refractivity contribution in [2.75, 3.05) is 6.61 Å². The largest absolute Gasteiger partial charge is 0.489 e. The first-order valence-electron chi connectivity index (χ1n) is 13.0. The number of allylic oxidation sites excluding steroid dienone is 4. The van der Waals surface area contributed by atoms with Gasteiger partial charge in [-0.3, -0.25) is 0 Å². The van der Waals surface area contributed by atoms with Crippen LogP contribution >= 0.6 is 11.6 Å². The quantitative estimate of drug-likeness (QED) is 0.169. The highest BCUT2D eigenvalue weighted by molar-refractivity contribution is 6.29. The Morgan fingerprint density at radius 2 is 1.65 bits per heavy atom. The average molecular weight is 607 g/mol. The molecule has 0 aromatic heterocycles. The van der Waals surface area contributed by atoms with E-state index in [0.717, 1.165) is 12.1 Å². The molecule has 0 spiro atoms. The Bertz CT molecular complexity index is 997. The van der Waals surface area contributed by atoms with E-state index in [1.807, 2.05) is 13.8 Å². The molecule has 40 heavy (non-hydrogen) atoms. The zero-order valence-electron chi connectivity index (χ0n) is 23.5. The second kappa shape index (κ2) is 16.4. The first-order chi connectivity index (χ1) is 18.3. The summed E-state index contributed by atoms with van der Waals surface area (Å²) in [7, 11) is 0. The third kappa shape index (κ3) is 12.6. The number of aliphatic hydroxyl groups is 1. The van der Waals surface area contributed by atoms with E-state index in [9.17, 15) is 40.2 Å². The summed E-state index contributed by atoms with van der Waals surface area (Å²) in [6, 6.07) is 3.68. The summed E-state index contributed by atoms with van der Waals surface area (Å²) in [4.78, 5) is 0. The van der Waals surface area contributed by atoms with Crippen molar-refractivity contribution < 1.29 is 45.0 Å². The molecule has 0 heterocycles. The number of rotatable bonds is 14. The summed E-state index contributed by atoms with van der Waals surface area (Å²) in [5, 5.41) is 10.2. The predicted molar refractivity (Wildman–Crippen MR) is 144 cm³/mol. The molecule has 0 aliphatic heterocycles. The van der Waals surface area contributed by atoms with Crippen molar-refractivity contribution >= 4 is 11.6 Å². The van der Waals surface area contributed by atoms with Gasteiger partial charge < -0.3 is 9.84 Å². The van der Waals surface area contributed by atoms with Crippen LogP contribution in [-0.2, 0) is 5.41 Å². The molecule has 1 unspecified atom stereocenters. The summed E-state index contributed by atoms with van der Waals surface area (Å²) < 4.78 is 113. The van der Waals surface area contributed by atoms with Gasteiger partial charge in [-0.25, -0.2) is 8.78 Å². The van der Waals surface area contributed by atoms with Crippen LogP contribution in [0.3, 0.4) is 0 Å². The van der Waals surface area contributed by atoms with Crippen molar-refractivity contribution in [3.8, 4) is 5.75 Å². The summed E-state index contributed by atoms with van der Waals surface area (Å²) >= 11 is 5.67. The third-order valence-electron chi connectivity index (χ3n) is 6.25. The molecule has 230 valence electrons. The van der Waals surface area contributed by atoms with Crippen LogP contribution in [0.2, 0.25) is 0 Å². The zero-order valence-corrected chi connectivity index (χ0v) is 24.3. The molecule has 0 amide bonds. The second-order valence-electron chi connectivity index (χ2n) is 9.66. The fourth-order valence-electron chi connectivity index (χ4n) is 3.80. The molecule has 0 bridgehead atoms. The minimum absolute atomic E-state index is 0.0258. The molecule has 2 nitrogen and oxygen atoms in total. The first-order valence-corrected chi connectivity index (χ1v) is 13.3. The van der Waals surface area contributed by atoms with E-state index in [2.05, 4.69) is 6.58 Å². The Morgan fingerprint density at radius 1 is 1.05 bits per heavy atom. The van der Waals surface area contributed by atoms with Gasteiger partial charge in [0.2, 0.25) is 0 Å². The highest BCUT2D eigenvalue weighted by Gasteiger charge is 2.53. The van der Waals surface area contributed by atoms with Crippen LogP contribution in [-0.4, -0.2) is 29.7 Å². The van der Waals surface area contributed by atoms with E-state index < -0.39 is 72.1 Å². The van der Waals surface area contributed by atoms with Crippen molar-refractivity contribution in [1.29, 1.82) is 0 Å². The smallest absolute Gasteiger partial charge is 0.417 e. The van der Waals surface area contributed by atoms with E-state index in [1.54, 1.807) is 13.8 Å². The average Bonchev–Trinajstić information content (AvgIpc) is 2.86. The summed E-state index contributed by atoms with van der Waals surface area (Å²) in [5.74, 6) is -1.29. The van der Waals surface area contributed by atoms with Crippen molar-refractivity contribution in [2.45, 2.75) is 103 Å². The standard InChI is InChI=1S/C27H33ClF8O2.C2H6/c1-5-15-38-23-8-7-20(29)17-21(23)24(3,4)13-14-25(37,27(34,35)36)11-9-18(6-2)22(30)16-19(28)10-12-26(31,32)33;1-2/h5,7-8,10,17,37H,1,6,9,11-16H2,2-4H3;1-2H3/b19-10+,22-18-;. The lowest BCUT2D eigenvalue weighted by molar-refractivity contribution is -0.265. The lowest BCUT2D eigenvalue weighted by Crippen LogP contribution is -2.46. The van der Waals surface area contributed by atoms with Crippen LogP contribution in [0, 0.1) is 5.82 Å². The van der Waals surface area contributed by atoms with Crippen molar-refractivity contribution in [1.82, 2.24) is 0 Å². The SMILES string of the molecule is C=CCOc1ccc(F)cc1C(C)(C)CCC(O)(CC/C(CC)=C(\F)C/C(Cl)=C\CC(F)(F)F)C(F)(F)F.CC. The lowest BCUT2D eigenvalue weighted by Gasteiger charge is -2.35. The lowest BCUT2D eigenvalue weighted by atomic mass is 9.76.